The van der Waals surface area contributed by atoms with Crippen LogP contribution in [-0.2, 0) is 32.6 Å². The summed E-state index contributed by atoms with van der Waals surface area (Å²) in [6.07, 6.45) is 1.07. The Bertz CT molecular complexity index is 1360. The van der Waals surface area contributed by atoms with Gasteiger partial charge in [-0.3, -0.25) is 0 Å². The smallest absolute Gasteiger partial charge is 1.00 e. The van der Waals surface area contributed by atoms with Gasteiger partial charge in [-0.15, -0.1) is 40.1 Å². The third kappa shape index (κ3) is 6.17. The second-order valence-corrected chi connectivity index (χ2v) is 10.2. The van der Waals surface area contributed by atoms with E-state index >= 15 is 0 Å². The van der Waals surface area contributed by atoms with Crippen LogP contribution in [0.3, 0.4) is 0 Å². The monoisotopic (exact) mass is 600 g/mol. The van der Waals surface area contributed by atoms with E-state index in [-0.39, 0.29) is 51.0 Å². The molecule has 0 aromatic heterocycles. The van der Waals surface area contributed by atoms with Crippen LogP contribution in [0.25, 0.3) is 33.0 Å². The SMILES string of the molecule is CCc1ccc2[cH-]c(C(C)C)cc2c1-c1ccccc1.[Cl-].[Cl-].[Zr+4].[c-]1cccc2c1[Si]c1ccccc1-2. The standard InChI is InChI=1S/C20H21.C12H7Si.2ClH.Zr/c1-4-15-10-11-17-12-18(14(2)3)13-19(17)20(15)16-8-6-5-7-9-16;1-3-7-11-9(5-1)10-6-2-4-8-12(10)13-11;;;/h5-14H,4H2,1-3H3;1-7H;2*1H;/q2*-1;;;+4/p-2. The van der Waals surface area contributed by atoms with Gasteiger partial charge >= 0.3 is 26.2 Å². The van der Waals surface area contributed by atoms with Crippen LogP contribution in [0.1, 0.15) is 37.8 Å². The molecular weight excluding hydrogens is 575 g/mol. The zero-order valence-electron chi connectivity index (χ0n) is 20.8. The quantitative estimate of drug-likeness (QED) is 0.210. The van der Waals surface area contributed by atoms with Crippen molar-refractivity contribution in [2.75, 3.05) is 0 Å². The molecule has 5 aromatic rings. The molecule has 0 bridgehead atoms. The summed E-state index contributed by atoms with van der Waals surface area (Å²) < 4.78 is 0. The van der Waals surface area contributed by atoms with Crippen molar-refractivity contribution in [1.29, 1.82) is 0 Å². The van der Waals surface area contributed by atoms with Gasteiger partial charge in [0, 0.05) is 0 Å². The predicted octanol–water partition coefficient (Wildman–Crippen LogP) is 1.04. The first-order chi connectivity index (χ1) is 16.2. The summed E-state index contributed by atoms with van der Waals surface area (Å²) in [6, 6.07) is 38.2. The molecule has 4 heteroatoms. The van der Waals surface area contributed by atoms with Crippen molar-refractivity contribution in [3.63, 3.8) is 0 Å². The minimum Gasteiger partial charge on any atom is -1.00 e. The Morgan fingerprint density at radius 3 is 2.25 bits per heavy atom. The van der Waals surface area contributed by atoms with Crippen LogP contribution >= 0.6 is 0 Å². The van der Waals surface area contributed by atoms with E-state index < -0.39 is 0 Å². The van der Waals surface area contributed by atoms with Crippen molar-refractivity contribution >= 4 is 30.7 Å². The van der Waals surface area contributed by atoms with Gasteiger partial charge in [-0.1, -0.05) is 97.2 Å². The van der Waals surface area contributed by atoms with Crippen molar-refractivity contribution in [3.8, 4) is 22.3 Å². The van der Waals surface area contributed by atoms with Crippen LogP contribution in [0.5, 0.6) is 0 Å². The van der Waals surface area contributed by atoms with Gasteiger partial charge in [0.05, 0.1) is 9.52 Å². The van der Waals surface area contributed by atoms with E-state index in [9.17, 15) is 0 Å². The summed E-state index contributed by atoms with van der Waals surface area (Å²) in [6.45, 7) is 6.76. The van der Waals surface area contributed by atoms with Crippen LogP contribution in [0.15, 0.2) is 97.1 Å². The number of hydrogen-bond donors (Lipinski definition) is 0. The van der Waals surface area contributed by atoms with Gasteiger partial charge < -0.3 is 24.8 Å². The van der Waals surface area contributed by atoms with E-state index in [0.717, 1.165) is 15.9 Å². The molecule has 1 aliphatic heterocycles. The Morgan fingerprint density at radius 1 is 0.833 bits per heavy atom. The summed E-state index contributed by atoms with van der Waals surface area (Å²) in [5.41, 5.74) is 8.38. The summed E-state index contributed by atoms with van der Waals surface area (Å²) in [5, 5.41) is 5.59. The van der Waals surface area contributed by atoms with Crippen LogP contribution < -0.4 is 35.2 Å². The molecule has 5 aromatic carbocycles. The van der Waals surface area contributed by atoms with Crippen molar-refractivity contribution in [3.05, 3.63) is 114 Å². The van der Waals surface area contributed by atoms with E-state index in [0.29, 0.717) is 5.92 Å². The second-order valence-electron chi connectivity index (χ2n) is 8.89. The van der Waals surface area contributed by atoms with Gasteiger partial charge in [0.15, 0.2) is 0 Å². The molecule has 1 heterocycles. The van der Waals surface area contributed by atoms with Gasteiger partial charge in [0.2, 0.25) is 0 Å². The Kier molecular flexibility index (Phi) is 11.5. The summed E-state index contributed by atoms with van der Waals surface area (Å²) >= 11 is 0. The van der Waals surface area contributed by atoms with E-state index in [1.807, 2.05) is 6.07 Å². The molecule has 36 heavy (non-hydrogen) atoms. The third-order valence-electron chi connectivity index (χ3n) is 6.44. The summed E-state index contributed by atoms with van der Waals surface area (Å²) in [7, 11) is 0.795. The minimum absolute atomic E-state index is 0. The molecule has 1 aliphatic rings. The molecule has 2 radical (unpaired) electrons. The van der Waals surface area contributed by atoms with Crippen molar-refractivity contribution < 1.29 is 51.0 Å². The Labute approximate surface area is 249 Å². The average Bonchev–Trinajstić information content (AvgIpc) is 3.46. The average molecular weight is 603 g/mol. The van der Waals surface area contributed by atoms with Crippen molar-refractivity contribution in [2.24, 2.45) is 0 Å². The number of hydrogen-bond acceptors (Lipinski definition) is 0. The fraction of sp³-hybridized carbons (Fsp3) is 0.156. The van der Waals surface area contributed by atoms with E-state index in [4.69, 9.17) is 0 Å². The molecule has 0 saturated carbocycles. The van der Waals surface area contributed by atoms with Crippen LogP contribution in [0.2, 0.25) is 0 Å². The van der Waals surface area contributed by atoms with Crippen LogP contribution in [-0.4, -0.2) is 9.52 Å². The van der Waals surface area contributed by atoms with Gasteiger partial charge in [-0.25, -0.2) is 0 Å². The van der Waals surface area contributed by atoms with E-state index in [2.05, 4.69) is 118 Å². The van der Waals surface area contributed by atoms with Gasteiger partial charge in [0.1, 0.15) is 0 Å². The largest absolute Gasteiger partial charge is 4.00 e. The Hall–Kier alpha value is -1.83. The first kappa shape index (κ1) is 30.4. The van der Waals surface area contributed by atoms with Gasteiger partial charge in [-0.2, -0.15) is 35.5 Å². The Morgan fingerprint density at radius 2 is 1.53 bits per heavy atom. The first-order valence-corrected chi connectivity index (χ1v) is 12.8. The van der Waals surface area contributed by atoms with E-state index in [1.54, 1.807) is 0 Å². The van der Waals surface area contributed by atoms with Crippen molar-refractivity contribution in [2.45, 2.75) is 33.1 Å². The van der Waals surface area contributed by atoms with Crippen LogP contribution in [0.4, 0.5) is 0 Å². The van der Waals surface area contributed by atoms with Gasteiger partial charge in [0.25, 0.3) is 0 Å². The molecule has 0 saturated heterocycles. The fourth-order valence-corrected chi connectivity index (χ4v) is 5.96. The topological polar surface area (TPSA) is 0 Å². The molecule has 0 N–H and O–H groups in total. The molecule has 0 fully saturated rings. The first-order valence-electron chi connectivity index (χ1n) is 11.8. The summed E-state index contributed by atoms with van der Waals surface area (Å²) in [5.74, 6) is 0.580. The van der Waals surface area contributed by atoms with E-state index in [1.165, 1.54) is 54.5 Å². The van der Waals surface area contributed by atoms with Gasteiger partial charge in [-0.05, 0) is 17.9 Å². The molecule has 6 rings (SSSR count). The summed E-state index contributed by atoms with van der Waals surface area (Å²) in [4.78, 5) is 0. The number of fused-ring (bicyclic) bond motifs is 4. The van der Waals surface area contributed by atoms with Crippen molar-refractivity contribution in [1.82, 2.24) is 0 Å². The number of benzene rings is 4. The maximum Gasteiger partial charge on any atom is 4.00 e. The zero-order valence-corrected chi connectivity index (χ0v) is 25.7. The molecule has 0 aliphatic carbocycles. The predicted molar refractivity (Wildman–Crippen MR) is 144 cm³/mol. The molecule has 0 unspecified atom stereocenters. The number of rotatable bonds is 3. The number of aryl methyl sites for hydroxylation is 1. The molecule has 0 amide bonds. The fourth-order valence-electron chi connectivity index (χ4n) is 4.65. The molecule has 178 valence electrons. The molecular formula is C32H28Cl2SiZr. The normalized spacial score (nSPS) is 10.8. The molecule has 0 atom stereocenters. The maximum absolute atomic E-state index is 3.31. The van der Waals surface area contributed by atoms with Crippen LogP contribution in [0, 0.1) is 6.07 Å². The zero-order chi connectivity index (χ0) is 22.8. The molecule has 0 spiro atoms. The third-order valence-corrected chi connectivity index (χ3v) is 7.81. The number of halogens is 2. The maximum atomic E-state index is 3.31. The Balaban J connectivity index is 0.000000250. The second kappa shape index (κ2) is 13.6. The minimum atomic E-state index is 0. The molecule has 0 nitrogen and oxygen atoms in total.